The van der Waals surface area contributed by atoms with Crippen LogP contribution in [0.5, 0.6) is 0 Å². The number of carbonyl (C=O) groups excluding carboxylic acids is 1. The molecule has 2 aliphatic rings. The number of piperazine rings is 1. The van der Waals surface area contributed by atoms with Crippen LogP contribution in [0.15, 0.2) is 36.4 Å². The maximum absolute atomic E-state index is 13.5. The van der Waals surface area contributed by atoms with E-state index in [4.69, 9.17) is 27.9 Å². The summed E-state index contributed by atoms with van der Waals surface area (Å²) < 4.78 is 5.41. The fourth-order valence-electron chi connectivity index (χ4n) is 4.65. The van der Waals surface area contributed by atoms with E-state index in [1.54, 1.807) is 18.2 Å². The second kappa shape index (κ2) is 12.3. The third-order valence-corrected chi connectivity index (χ3v) is 7.25. The molecule has 7 heteroatoms. The van der Waals surface area contributed by atoms with Crippen LogP contribution in [0.2, 0.25) is 10.0 Å². The van der Waals surface area contributed by atoms with E-state index in [0.29, 0.717) is 28.7 Å². The number of halogens is 2. The maximum Gasteiger partial charge on any atom is 0.254 e. The summed E-state index contributed by atoms with van der Waals surface area (Å²) in [6.07, 6.45) is 0.791. The number of rotatable bonds is 5. The number of amides is 1. The van der Waals surface area contributed by atoms with Gasteiger partial charge in [-0.25, -0.2) is 0 Å². The van der Waals surface area contributed by atoms with Gasteiger partial charge < -0.3 is 9.64 Å². The molecule has 1 amide bonds. The lowest BCUT2D eigenvalue weighted by atomic mass is 9.98. The van der Waals surface area contributed by atoms with Crippen LogP contribution in [0.4, 0.5) is 0 Å². The van der Waals surface area contributed by atoms with Crippen LogP contribution >= 0.6 is 23.2 Å². The standard InChI is InChI=1S/C28H33Cl2N3O2/c1-21-5-6-23(15-22(21)2)16-27-20-32(8-4-3-7-31-11-13-35-14-12-31)9-10-33(27)28(34)24-17-25(29)19-26(30)18-24/h5-6,15,17-19,27H,7-14,16,20H2,1-2H3/t27-/m1/s1. The molecule has 0 unspecified atom stereocenters. The SMILES string of the molecule is Cc1ccc(C[C@@H]2CN(CC#CCN3CCOCC3)CCN2C(=O)c2cc(Cl)cc(Cl)c2)cc1C. The highest BCUT2D eigenvalue weighted by Crippen LogP contribution is 2.24. The Labute approximate surface area is 218 Å². The van der Waals surface area contributed by atoms with Crippen LogP contribution in [0.25, 0.3) is 0 Å². The Hall–Kier alpha value is -2.07. The molecule has 1 atom stereocenters. The fourth-order valence-corrected chi connectivity index (χ4v) is 5.17. The third-order valence-electron chi connectivity index (χ3n) is 6.81. The summed E-state index contributed by atoms with van der Waals surface area (Å²) in [7, 11) is 0. The molecule has 0 bridgehead atoms. The number of nitrogens with zero attached hydrogens (tertiary/aromatic N) is 3. The van der Waals surface area contributed by atoms with Crippen LogP contribution in [0, 0.1) is 25.7 Å². The number of hydrogen-bond acceptors (Lipinski definition) is 4. The van der Waals surface area contributed by atoms with Crippen molar-refractivity contribution in [2.24, 2.45) is 0 Å². The van der Waals surface area contributed by atoms with Crippen molar-refractivity contribution in [3.8, 4) is 11.8 Å². The molecule has 0 aliphatic carbocycles. The van der Waals surface area contributed by atoms with Crippen LogP contribution in [-0.4, -0.2) is 85.7 Å². The van der Waals surface area contributed by atoms with Crippen LogP contribution < -0.4 is 0 Å². The second-order valence-electron chi connectivity index (χ2n) is 9.41. The van der Waals surface area contributed by atoms with E-state index in [2.05, 4.69) is 53.7 Å². The van der Waals surface area contributed by atoms with Gasteiger partial charge in [-0.05, 0) is 55.2 Å². The second-order valence-corrected chi connectivity index (χ2v) is 10.3. The first-order valence-electron chi connectivity index (χ1n) is 12.2. The molecule has 2 saturated heterocycles. The summed E-state index contributed by atoms with van der Waals surface area (Å²) in [5.74, 6) is 6.64. The van der Waals surface area contributed by atoms with Gasteiger partial charge in [-0.3, -0.25) is 14.6 Å². The van der Waals surface area contributed by atoms with Gasteiger partial charge in [0.15, 0.2) is 0 Å². The molecule has 0 spiro atoms. The molecule has 0 radical (unpaired) electrons. The lowest BCUT2D eigenvalue weighted by molar-refractivity contribution is 0.0441. The molecule has 35 heavy (non-hydrogen) atoms. The first-order chi connectivity index (χ1) is 16.9. The first-order valence-corrected chi connectivity index (χ1v) is 13.0. The minimum Gasteiger partial charge on any atom is -0.379 e. The molecule has 0 aromatic heterocycles. The van der Waals surface area contributed by atoms with Crippen LogP contribution in [0.1, 0.15) is 27.0 Å². The van der Waals surface area contributed by atoms with Gasteiger partial charge in [0, 0.05) is 54.4 Å². The molecule has 2 aromatic rings. The van der Waals surface area contributed by atoms with E-state index < -0.39 is 0 Å². The molecule has 2 heterocycles. The summed E-state index contributed by atoms with van der Waals surface area (Å²) >= 11 is 12.4. The van der Waals surface area contributed by atoms with Gasteiger partial charge in [-0.2, -0.15) is 0 Å². The number of aryl methyl sites for hydroxylation is 2. The van der Waals surface area contributed by atoms with Crippen molar-refractivity contribution < 1.29 is 9.53 Å². The van der Waals surface area contributed by atoms with Crippen molar-refractivity contribution >= 4 is 29.1 Å². The highest BCUT2D eigenvalue weighted by Gasteiger charge is 2.31. The summed E-state index contributed by atoms with van der Waals surface area (Å²) in [5.41, 5.74) is 4.31. The zero-order valence-electron chi connectivity index (χ0n) is 20.5. The number of carbonyl (C=O) groups is 1. The Morgan fingerprint density at radius 3 is 2.29 bits per heavy atom. The van der Waals surface area contributed by atoms with Crippen molar-refractivity contribution in [1.82, 2.24) is 14.7 Å². The average molecular weight is 514 g/mol. The summed E-state index contributed by atoms with van der Waals surface area (Å²) in [4.78, 5) is 20.2. The molecule has 2 fully saturated rings. The smallest absolute Gasteiger partial charge is 0.254 e. The molecule has 0 saturated carbocycles. The lowest BCUT2D eigenvalue weighted by Crippen LogP contribution is -2.56. The van der Waals surface area contributed by atoms with Crippen molar-refractivity contribution in [3.63, 3.8) is 0 Å². The molecule has 2 aromatic carbocycles. The quantitative estimate of drug-likeness (QED) is 0.558. The van der Waals surface area contributed by atoms with E-state index in [9.17, 15) is 4.79 Å². The normalized spacial score (nSPS) is 19.3. The predicted molar refractivity (Wildman–Crippen MR) is 142 cm³/mol. The molecule has 186 valence electrons. The molecule has 4 rings (SSSR count). The maximum atomic E-state index is 13.5. The van der Waals surface area contributed by atoms with Gasteiger partial charge in [0.2, 0.25) is 0 Å². The van der Waals surface area contributed by atoms with Crippen LogP contribution in [0.3, 0.4) is 0 Å². The molecule has 0 N–H and O–H groups in total. The Morgan fingerprint density at radius 1 is 0.914 bits per heavy atom. The summed E-state index contributed by atoms with van der Waals surface area (Å²) in [6.45, 7) is 11.4. The van der Waals surface area contributed by atoms with E-state index in [1.807, 2.05) is 4.90 Å². The van der Waals surface area contributed by atoms with E-state index in [-0.39, 0.29) is 11.9 Å². The summed E-state index contributed by atoms with van der Waals surface area (Å²) in [5, 5.41) is 0.946. The number of hydrogen-bond donors (Lipinski definition) is 0. The number of ether oxygens (including phenoxy) is 1. The zero-order valence-corrected chi connectivity index (χ0v) is 22.0. The average Bonchev–Trinajstić information content (AvgIpc) is 2.84. The molecule has 2 aliphatic heterocycles. The van der Waals surface area contributed by atoms with Gasteiger partial charge >= 0.3 is 0 Å². The van der Waals surface area contributed by atoms with Gasteiger partial charge in [-0.15, -0.1) is 0 Å². The Morgan fingerprint density at radius 2 is 1.60 bits per heavy atom. The van der Waals surface area contributed by atoms with Gasteiger partial charge in [-0.1, -0.05) is 53.2 Å². The van der Waals surface area contributed by atoms with Crippen molar-refractivity contribution in [2.75, 3.05) is 59.0 Å². The fraction of sp³-hybridized carbons (Fsp3) is 0.464. The Bertz CT molecular complexity index is 1080. The molecular weight excluding hydrogens is 481 g/mol. The Balaban J connectivity index is 1.47. The minimum atomic E-state index is -0.0266. The van der Waals surface area contributed by atoms with Crippen LogP contribution in [-0.2, 0) is 11.2 Å². The number of morpholine rings is 1. The van der Waals surface area contributed by atoms with Gasteiger partial charge in [0.25, 0.3) is 5.91 Å². The van der Waals surface area contributed by atoms with Crippen molar-refractivity contribution in [2.45, 2.75) is 26.3 Å². The largest absolute Gasteiger partial charge is 0.379 e. The molecule has 5 nitrogen and oxygen atoms in total. The number of benzene rings is 2. The molecular formula is C28H33Cl2N3O2. The summed E-state index contributed by atoms with van der Waals surface area (Å²) in [6, 6.07) is 11.7. The third kappa shape index (κ3) is 7.22. The highest BCUT2D eigenvalue weighted by atomic mass is 35.5. The Kier molecular flexibility index (Phi) is 9.10. The van der Waals surface area contributed by atoms with Gasteiger partial charge in [0.05, 0.1) is 26.3 Å². The van der Waals surface area contributed by atoms with E-state index >= 15 is 0 Å². The van der Waals surface area contributed by atoms with Crippen molar-refractivity contribution in [3.05, 3.63) is 68.7 Å². The minimum absolute atomic E-state index is 0.0266. The predicted octanol–water partition coefficient (Wildman–Crippen LogP) is 4.31. The zero-order chi connectivity index (χ0) is 24.8. The van der Waals surface area contributed by atoms with E-state index in [0.717, 1.165) is 52.4 Å². The highest BCUT2D eigenvalue weighted by molar-refractivity contribution is 6.35. The first kappa shape index (κ1) is 26.0. The van der Waals surface area contributed by atoms with E-state index in [1.165, 1.54) is 16.7 Å². The topological polar surface area (TPSA) is 36.0 Å². The van der Waals surface area contributed by atoms with Crippen molar-refractivity contribution in [1.29, 1.82) is 0 Å². The van der Waals surface area contributed by atoms with Gasteiger partial charge in [0.1, 0.15) is 0 Å². The monoisotopic (exact) mass is 513 g/mol. The lowest BCUT2D eigenvalue weighted by Gasteiger charge is -2.41.